The molecule has 0 aliphatic carbocycles. The van der Waals surface area contributed by atoms with Crippen LogP contribution in [-0.2, 0) is 19.0 Å². The molecule has 1 atom stereocenters. The van der Waals surface area contributed by atoms with Gasteiger partial charge in [-0.25, -0.2) is 0 Å². The van der Waals surface area contributed by atoms with Gasteiger partial charge in [0.1, 0.15) is 0 Å². The van der Waals surface area contributed by atoms with Crippen molar-refractivity contribution in [3.63, 3.8) is 0 Å². The molecule has 0 spiro atoms. The predicted molar refractivity (Wildman–Crippen MR) is 78.9 cm³/mol. The molecule has 1 aromatic carbocycles. The zero-order chi connectivity index (χ0) is 15.5. The molecule has 1 aromatic heterocycles. The molecule has 2 rings (SSSR count). The Morgan fingerprint density at radius 2 is 1.81 bits per heavy atom. The summed E-state index contributed by atoms with van der Waals surface area (Å²) in [7, 11) is 0. The Hall–Kier alpha value is -1.37. The Balaban J connectivity index is 2.29. The second-order valence-electron chi connectivity index (χ2n) is 4.73. The second kappa shape index (κ2) is 6.60. The van der Waals surface area contributed by atoms with Crippen LogP contribution >= 0.6 is 11.3 Å². The van der Waals surface area contributed by atoms with Gasteiger partial charge in [0.15, 0.2) is 0 Å². The van der Waals surface area contributed by atoms with E-state index < -0.39 is 17.8 Å². The van der Waals surface area contributed by atoms with Crippen molar-refractivity contribution in [1.29, 1.82) is 0 Å². The summed E-state index contributed by atoms with van der Waals surface area (Å²) in [4.78, 5) is 2.23. The molecule has 3 N–H and O–H groups in total. The molecule has 0 aliphatic heterocycles. The van der Waals surface area contributed by atoms with Gasteiger partial charge in [0, 0.05) is 16.2 Å². The van der Waals surface area contributed by atoms with E-state index >= 15 is 0 Å². The smallest absolute Gasteiger partial charge is 0.271 e. The third-order valence-electron chi connectivity index (χ3n) is 3.31. The highest BCUT2D eigenvalue weighted by atomic mass is 32.1. The molecule has 0 saturated carbocycles. The number of aryl methyl sites for hydroxylation is 1. The molecule has 0 radical (unpaired) electrons. The van der Waals surface area contributed by atoms with Crippen molar-refractivity contribution in [2.45, 2.75) is 32.0 Å². The zero-order valence-electron chi connectivity index (χ0n) is 11.6. The number of nitrogens with two attached hydrogens (primary N) is 1. The normalized spacial score (nSPS) is 13.4. The fourth-order valence-electron chi connectivity index (χ4n) is 2.24. The average Bonchev–Trinajstić information content (AvgIpc) is 2.91. The van der Waals surface area contributed by atoms with Crippen LogP contribution in [0, 0.1) is 0 Å². The third kappa shape index (κ3) is 3.84. The molecule has 114 valence electrons. The number of alkyl halides is 3. The first kappa shape index (κ1) is 16.0. The van der Waals surface area contributed by atoms with Gasteiger partial charge in [-0.15, -0.1) is 11.3 Å². The standard InChI is InChI=1S/C15H17F3N2S/c1-2-10-7-8-11(21-10)9-14(20-19)12-5-3-4-6-13(12)15(16,17)18/h3-8,14,20H,2,9,19H2,1H3. The van der Waals surface area contributed by atoms with E-state index in [9.17, 15) is 13.2 Å². The minimum atomic E-state index is -4.38. The number of benzene rings is 1. The zero-order valence-corrected chi connectivity index (χ0v) is 12.4. The highest BCUT2D eigenvalue weighted by molar-refractivity contribution is 7.11. The van der Waals surface area contributed by atoms with Gasteiger partial charge in [0.2, 0.25) is 0 Å². The third-order valence-corrected chi connectivity index (χ3v) is 4.57. The van der Waals surface area contributed by atoms with Crippen LogP contribution in [0.5, 0.6) is 0 Å². The van der Waals surface area contributed by atoms with Gasteiger partial charge >= 0.3 is 6.18 Å². The lowest BCUT2D eigenvalue weighted by molar-refractivity contribution is -0.138. The quantitative estimate of drug-likeness (QED) is 0.645. The highest BCUT2D eigenvalue weighted by Gasteiger charge is 2.34. The summed E-state index contributed by atoms with van der Waals surface area (Å²) in [5.74, 6) is 5.49. The molecule has 0 fully saturated rings. The summed E-state index contributed by atoms with van der Waals surface area (Å²) in [6.07, 6.45) is -3.02. The molecular formula is C15H17F3N2S. The van der Waals surface area contributed by atoms with Crippen LogP contribution in [0.2, 0.25) is 0 Å². The molecule has 1 heterocycles. The topological polar surface area (TPSA) is 38.0 Å². The maximum Gasteiger partial charge on any atom is 0.416 e. The largest absolute Gasteiger partial charge is 0.416 e. The van der Waals surface area contributed by atoms with Crippen LogP contribution < -0.4 is 11.3 Å². The highest BCUT2D eigenvalue weighted by Crippen LogP contribution is 2.35. The summed E-state index contributed by atoms with van der Waals surface area (Å²) in [5, 5.41) is 0. The lowest BCUT2D eigenvalue weighted by Gasteiger charge is -2.20. The molecule has 0 saturated heterocycles. The number of rotatable bonds is 5. The van der Waals surface area contributed by atoms with Crippen molar-refractivity contribution >= 4 is 11.3 Å². The van der Waals surface area contributed by atoms with Gasteiger partial charge in [-0.05, 0) is 30.2 Å². The van der Waals surface area contributed by atoms with Gasteiger partial charge < -0.3 is 0 Å². The van der Waals surface area contributed by atoms with Crippen molar-refractivity contribution < 1.29 is 13.2 Å². The van der Waals surface area contributed by atoms with E-state index in [-0.39, 0.29) is 5.56 Å². The van der Waals surface area contributed by atoms with Crippen LogP contribution in [-0.4, -0.2) is 0 Å². The molecule has 0 bridgehead atoms. The number of hydrazine groups is 1. The van der Waals surface area contributed by atoms with Crippen molar-refractivity contribution in [2.75, 3.05) is 0 Å². The van der Waals surface area contributed by atoms with Crippen molar-refractivity contribution in [3.8, 4) is 0 Å². The molecule has 6 heteroatoms. The first-order valence-electron chi connectivity index (χ1n) is 6.65. The molecule has 0 aliphatic rings. The van der Waals surface area contributed by atoms with E-state index in [2.05, 4.69) is 5.43 Å². The second-order valence-corrected chi connectivity index (χ2v) is 5.98. The fourth-order valence-corrected chi connectivity index (χ4v) is 3.24. The Labute approximate surface area is 125 Å². The van der Waals surface area contributed by atoms with E-state index in [1.165, 1.54) is 17.0 Å². The SMILES string of the molecule is CCc1ccc(CC(NN)c2ccccc2C(F)(F)F)s1. The maximum atomic E-state index is 13.1. The van der Waals surface area contributed by atoms with Gasteiger partial charge in [-0.2, -0.15) is 13.2 Å². The molecule has 2 nitrogen and oxygen atoms in total. The van der Waals surface area contributed by atoms with Gasteiger partial charge in [0.05, 0.1) is 11.6 Å². The number of hydrogen-bond donors (Lipinski definition) is 2. The molecule has 21 heavy (non-hydrogen) atoms. The van der Waals surface area contributed by atoms with Crippen LogP contribution in [0.15, 0.2) is 36.4 Å². The first-order valence-corrected chi connectivity index (χ1v) is 7.47. The Kier molecular flexibility index (Phi) is 5.03. The fraction of sp³-hybridized carbons (Fsp3) is 0.333. The van der Waals surface area contributed by atoms with Crippen molar-refractivity contribution in [3.05, 3.63) is 57.3 Å². The number of halogens is 3. The lowest BCUT2D eigenvalue weighted by Crippen LogP contribution is -2.31. The van der Waals surface area contributed by atoms with E-state index in [1.807, 2.05) is 19.1 Å². The van der Waals surface area contributed by atoms with Crippen LogP contribution in [0.3, 0.4) is 0 Å². The Bertz CT molecular complexity index is 593. The van der Waals surface area contributed by atoms with E-state index in [1.54, 1.807) is 17.4 Å². The first-order chi connectivity index (χ1) is 9.95. The number of hydrogen-bond acceptors (Lipinski definition) is 3. The monoisotopic (exact) mass is 314 g/mol. The van der Waals surface area contributed by atoms with Crippen molar-refractivity contribution in [1.82, 2.24) is 5.43 Å². The van der Waals surface area contributed by atoms with Gasteiger partial charge in [0.25, 0.3) is 0 Å². The summed E-state index contributed by atoms with van der Waals surface area (Å²) < 4.78 is 39.2. The number of thiophene rings is 1. The summed E-state index contributed by atoms with van der Waals surface area (Å²) in [6.45, 7) is 2.05. The molecule has 1 unspecified atom stereocenters. The molecule has 2 aromatic rings. The van der Waals surface area contributed by atoms with E-state index in [0.29, 0.717) is 6.42 Å². The Morgan fingerprint density at radius 1 is 1.14 bits per heavy atom. The summed E-state index contributed by atoms with van der Waals surface area (Å²) in [6, 6.07) is 8.94. The minimum absolute atomic E-state index is 0.180. The maximum absolute atomic E-state index is 13.1. The van der Waals surface area contributed by atoms with Crippen LogP contribution in [0.1, 0.15) is 33.8 Å². The molecule has 0 amide bonds. The number of nitrogens with one attached hydrogen (secondary N) is 1. The van der Waals surface area contributed by atoms with Crippen molar-refractivity contribution in [2.24, 2.45) is 5.84 Å². The van der Waals surface area contributed by atoms with E-state index in [4.69, 9.17) is 5.84 Å². The average molecular weight is 314 g/mol. The van der Waals surface area contributed by atoms with Crippen LogP contribution in [0.25, 0.3) is 0 Å². The van der Waals surface area contributed by atoms with Gasteiger partial charge in [-0.3, -0.25) is 11.3 Å². The Morgan fingerprint density at radius 3 is 2.38 bits per heavy atom. The molecular weight excluding hydrogens is 297 g/mol. The lowest BCUT2D eigenvalue weighted by atomic mass is 9.97. The van der Waals surface area contributed by atoms with Crippen LogP contribution in [0.4, 0.5) is 13.2 Å². The summed E-state index contributed by atoms with van der Waals surface area (Å²) in [5.41, 5.74) is 2.05. The predicted octanol–water partition coefficient (Wildman–Crippen LogP) is 4.08. The summed E-state index contributed by atoms with van der Waals surface area (Å²) >= 11 is 1.61. The van der Waals surface area contributed by atoms with Gasteiger partial charge in [-0.1, -0.05) is 25.1 Å². The minimum Gasteiger partial charge on any atom is -0.271 e. The van der Waals surface area contributed by atoms with E-state index in [0.717, 1.165) is 17.4 Å².